The highest BCUT2D eigenvalue weighted by atomic mass is 16.5. The Morgan fingerprint density at radius 3 is 2.54 bits per heavy atom. The van der Waals surface area contributed by atoms with Crippen molar-refractivity contribution < 1.29 is 14.1 Å². The fourth-order valence-electron chi connectivity index (χ4n) is 3.11. The Kier molecular flexibility index (Phi) is 6.23. The van der Waals surface area contributed by atoms with E-state index in [0.717, 1.165) is 30.1 Å². The number of aryl methyl sites for hydroxylation is 2. The second-order valence-corrected chi connectivity index (χ2v) is 6.91. The number of amides is 2. The summed E-state index contributed by atoms with van der Waals surface area (Å²) in [6.07, 6.45) is 0.461. The van der Waals surface area contributed by atoms with Gasteiger partial charge in [0.2, 0.25) is 0 Å². The van der Waals surface area contributed by atoms with E-state index < -0.39 is 0 Å². The number of ether oxygens (including phenoxy) is 1. The first-order chi connectivity index (χ1) is 11.3. The summed E-state index contributed by atoms with van der Waals surface area (Å²) >= 11 is 0. The van der Waals surface area contributed by atoms with Gasteiger partial charge in [-0.15, -0.1) is 0 Å². The molecule has 0 aromatic carbocycles. The van der Waals surface area contributed by atoms with Crippen LogP contribution in [0.15, 0.2) is 4.52 Å². The first-order valence-corrected chi connectivity index (χ1v) is 8.58. The largest absolute Gasteiger partial charge is 0.373 e. The molecule has 7 heteroatoms. The van der Waals surface area contributed by atoms with Gasteiger partial charge in [0.05, 0.1) is 24.4 Å². The Balaban J connectivity index is 1.81. The van der Waals surface area contributed by atoms with Gasteiger partial charge in [0.1, 0.15) is 5.76 Å². The van der Waals surface area contributed by atoms with Gasteiger partial charge >= 0.3 is 6.03 Å². The molecule has 2 heterocycles. The number of aromatic nitrogens is 1. The van der Waals surface area contributed by atoms with Gasteiger partial charge < -0.3 is 19.5 Å². The third kappa shape index (κ3) is 4.70. The van der Waals surface area contributed by atoms with Gasteiger partial charge in [-0.25, -0.2) is 4.79 Å². The predicted molar refractivity (Wildman–Crippen MR) is 91.9 cm³/mol. The van der Waals surface area contributed by atoms with Crippen molar-refractivity contribution in [3.8, 4) is 0 Å². The number of morpholine rings is 1. The summed E-state index contributed by atoms with van der Waals surface area (Å²) in [7, 11) is 1.78. The van der Waals surface area contributed by atoms with Crippen LogP contribution in [0.25, 0.3) is 0 Å². The van der Waals surface area contributed by atoms with Crippen LogP contribution in [0, 0.1) is 13.8 Å². The zero-order chi connectivity index (χ0) is 17.9. The maximum Gasteiger partial charge on any atom is 0.317 e. The molecule has 3 atom stereocenters. The molecule has 7 nitrogen and oxygen atoms in total. The molecule has 1 aliphatic rings. The van der Waals surface area contributed by atoms with E-state index in [1.807, 2.05) is 13.8 Å². The van der Waals surface area contributed by atoms with Crippen LogP contribution in [0.2, 0.25) is 0 Å². The summed E-state index contributed by atoms with van der Waals surface area (Å²) in [6, 6.07) is 0.187. The standard InChI is InChI=1S/C17H30N4O3/c1-11(21-8-12(2)23-13(3)9-21)7-18-17(22)20(6)10-16-14(4)19-24-15(16)5/h11-13H,7-10H2,1-6H3,(H,18,22)/t11-,12-,13+/m0/s1. The SMILES string of the molecule is Cc1noc(C)c1CN(C)C(=O)NC[C@H](C)N1C[C@@H](C)O[C@@H](C)C1. The molecule has 1 saturated heterocycles. The molecule has 0 spiro atoms. The molecule has 1 aromatic heterocycles. The minimum atomic E-state index is -0.0868. The minimum Gasteiger partial charge on any atom is -0.373 e. The van der Waals surface area contributed by atoms with Crippen molar-refractivity contribution in [2.24, 2.45) is 0 Å². The maximum atomic E-state index is 12.3. The third-order valence-corrected chi connectivity index (χ3v) is 4.54. The average molecular weight is 338 g/mol. The third-order valence-electron chi connectivity index (χ3n) is 4.54. The van der Waals surface area contributed by atoms with E-state index >= 15 is 0 Å². The molecule has 0 unspecified atom stereocenters. The summed E-state index contributed by atoms with van der Waals surface area (Å²) < 4.78 is 10.9. The number of carbonyl (C=O) groups is 1. The Labute approximate surface area is 144 Å². The zero-order valence-corrected chi connectivity index (χ0v) is 15.6. The number of nitrogens with one attached hydrogen (secondary N) is 1. The fourth-order valence-corrected chi connectivity index (χ4v) is 3.11. The summed E-state index contributed by atoms with van der Waals surface area (Å²) in [5.41, 5.74) is 1.80. The quantitative estimate of drug-likeness (QED) is 0.888. The summed E-state index contributed by atoms with van der Waals surface area (Å²) in [6.45, 7) is 13.0. The van der Waals surface area contributed by atoms with E-state index in [0.29, 0.717) is 13.1 Å². The molecule has 1 N–H and O–H groups in total. The van der Waals surface area contributed by atoms with Crippen molar-refractivity contribution >= 4 is 6.03 Å². The molecule has 2 rings (SSSR count). The van der Waals surface area contributed by atoms with Crippen molar-refractivity contribution in [3.05, 3.63) is 17.0 Å². The highest BCUT2D eigenvalue weighted by molar-refractivity contribution is 5.73. The van der Waals surface area contributed by atoms with Crippen LogP contribution in [0.1, 0.15) is 37.8 Å². The molecular formula is C17H30N4O3. The van der Waals surface area contributed by atoms with Gasteiger partial charge in [-0.1, -0.05) is 5.16 Å². The predicted octanol–water partition coefficient (Wildman–Crippen LogP) is 1.93. The van der Waals surface area contributed by atoms with Crippen LogP contribution < -0.4 is 5.32 Å². The number of hydrogen-bond acceptors (Lipinski definition) is 5. The lowest BCUT2D eigenvalue weighted by Gasteiger charge is -2.39. The molecule has 0 radical (unpaired) electrons. The number of carbonyl (C=O) groups excluding carboxylic acids is 1. The highest BCUT2D eigenvalue weighted by Crippen LogP contribution is 2.15. The van der Waals surface area contributed by atoms with E-state index in [4.69, 9.17) is 9.26 Å². The lowest BCUT2D eigenvalue weighted by atomic mass is 10.1. The van der Waals surface area contributed by atoms with Crippen LogP contribution in [0.4, 0.5) is 4.79 Å². The smallest absolute Gasteiger partial charge is 0.317 e. The van der Waals surface area contributed by atoms with Crippen LogP contribution >= 0.6 is 0 Å². The normalized spacial score (nSPS) is 23.1. The van der Waals surface area contributed by atoms with E-state index in [9.17, 15) is 4.79 Å². The molecule has 1 aromatic rings. The van der Waals surface area contributed by atoms with Gasteiger partial charge in [-0.05, 0) is 34.6 Å². The number of rotatable bonds is 5. The Bertz CT molecular complexity index is 531. The summed E-state index contributed by atoms with van der Waals surface area (Å²) in [4.78, 5) is 16.4. The first kappa shape index (κ1) is 18.7. The lowest BCUT2D eigenvalue weighted by molar-refractivity contribution is -0.0778. The fraction of sp³-hybridized carbons (Fsp3) is 0.765. The molecule has 0 saturated carbocycles. The molecule has 2 amide bonds. The summed E-state index contributed by atoms with van der Waals surface area (Å²) in [5, 5.41) is 6.94. The van der Waals surface area contributed by atoms with Crippen molar-refractivity contribution in [1.82, 2.24) is 20.3 Å². The van der Waals surface area contributed by atoms with Crippen molar-refractivity contribution in [2.75, 3.05) is 26.7 Å². The van der Waals surface area contributed by atoms with Gasteiger partial charge in [-0.3, -0.25) is 4.90 Å². The first-order valence-electron chi connectivity index (χ1n) is 8.58. The number of hydrogen-bond donors (Lipinski definition) is 1. The van der Waals surface area contributed by atoms with Gasteiger partial charge in [0.15, 0.2) is 0 Å². The molecule has 0 bridgehead atoms. The Hall–Kier alpha value is -1.60. The van der Waals surface area contributed by atoms with E-state index in [1.54, 1.807) is 11.9 Å². The van der Waals surface area contributed by atoms with Gasteiger partial charge in [0, 0.05) is 38.3 Å². The number of urea groups is 1. The van der Waals surface area contributed by atoms with E-state index in [2.05, 4.69) is 36.1 Å². The molecule has 1 aliphatic heterocycles. The Morgan fingerprint density at radius 1 is 1.38 bits per heavy atom. The summed E-state index contributed by atoms with van der Waals surface area (Å²) in [5.74, 6) is 0.761. The van der Waals surface area contributed by atoms with Crippen molar-refractivity contribution in [1.29, 1.82) is 0 Å². The monoisotopic (exact) mass is 338 g/mol. The van der Waals surface area contributed by atoms with Crippen LogP contribution in [-0.4, -0.2) is 65.9 Å². The molecule has 1 fully saturated rings. The Morgan fingerprint density at radius 2 is 2.00 bits per heavy atom. The minimum absolute atomic E-state index is 0.0868. The molecular weight excluding hydrogens is 308 g/mol. The van der Waals surface area contributed by atoms with E-state index in [-0.39, 0.29) is 24.3 Å². The van der Waals surface area contributed by atoms with Crippen LogP contribution in [-0.2, 0) is 11.3 Å². The average Bonchev–Trinajstić information content (AvgIpc) is 2.83. The van der Waals surface area contributed by atoms with Crippen LogP contribution in [0.5, 0.6) is 0 Å². The second-order valence-electron chi connectivity index (χ2n) is 6.91. The van der Waals surface area contributed by atoms with E-state index in [1.165, 1.54) is 0 Å². The second kappa shape index (κ2) is 7.98. The highest BCUT2D eigenvalue weighted by Gasteiger charge is 2.26. The van der Waals surface area contributed by atoms with Crippen molar-refractivity contribution in [2.45, 2.75) is 59.4 Å². The van der Waals surface area contributed by atoms with Gasteiger partial charge in [0.25, 0.3) is 0 Å². The zero-order valence-electron chi connectivity index (χ0n) is 15.6. The molecule has 136 valence electrons. The molecule has 24 heavy (non-hydrogen) atoms. The number of nitrogens with zero attached hydrogens (tertiary/aromatic N) is 3. The topological polar surface area (TPSA) is 70.8 Å². The van der Waals surface area contributed by atoms with Crippen molar-refractivity contribution in [3.63, 3.8) is 0 Å². The maximum absolute atomic E-state index is 12.3. The van der Waals surface area contributed by atoms with Crippen LogP contribution in [0.3, 0.4) is 0 Å². The molecule has 0 aliphatic carbocycles. The van der Waals surface area contributed by atoms with Gasteiger partial charge in [-0.2, -0.15) is 0 Å². The lowest BCUT2D eigenvalue weighted by Crippen LogP contribution is -2.53.